The number of rotatable bonds is 6. The Hall–Kier alpha value is -1.73. The smallest absolute Gasteiger partial charge is 0.303 e. The van der Waals surface area contributed by atoms with E-state index in [0.717, 1.165) is 25.7 Å². The molecule has 1 N–H and O–H groups in total. The number of aliphatic hydroxyl groups excluding tert-OH is 1. The highest BCUT2D eigenvalue weighted by molar-refractivity contribution is 5.76. The van der Waals surface area contributed by atoms with E-state index in [9.17, 15) is 14.7 Å². The molecule has 0 aromatic heterocycles. The Kier molecular flexibility index (Phi) is 7.72. The van der Waals surface area contributed by atoms with Crippen molar-refractivity contribution in [3.8, 4) is 0 Å². The van der Waals surface area contributed by atoms with Gasteiger partial charge in [-0.25, -0.2) is 8.78 Å². The maximum absolute atomic E-state index is 16.0. The van der Waals surface area contributed by atoms with E-state index in [4.69, 9.17) is 10.3 Å². The van der Waals surface area contributed by atoms with Crippen molar-refractivity contribution in [2.75, 3.05) is 0 Å². The van der Waals surface area contributed by atoms with Crippen LogP contribution in [0.15, 0.2) is 5.11 Å². The number of nitrogens with zero attached hydrogens (tertiary/aromatic N) is 3. The topological polar surface area (TPSA) is 112 Å². The van der Waals surface area contributed by atoms with Crippen molar-refractivity contribution in [3.63, 3.8) is 0 Å². The molecule has 0 saturated heterocycles. The lowest BCUT2D eigenvalue weighted by Crippen LogP contribution is -2.68. The molecule has 37 heavy (non-hydrogen) atoms. The van der Waals surface area contributed by atoms with Gasteiger partial charge in [0.2, 0.25) is 5.91 Å². The fourth-order valence-corrected chi connectivity index (χ4v) is 9.99. The third kappa shape index (κ3) is 4.48. The van der Waals surface area contributed by atoms with E-state index < -0.39 is 47.3 Å². The lowest BCUT2D eigenvalue weighted by Gasteiger charge is -2.66. The Bertz CT molecular complexity index is 956. The molecule has 0 radical (unpaired) electrons. The van der Waals surface area contributed by atoms with Gasteiger partial charge in [-0.1, -0.05) is 34.1 Å². The average molecular weight is 524 g/mol. The molecule has 0 unspecified atom stereocenters. The van der Waals surface area contributed by atoms with Gasteiger partial charge in [-0.15, -0.1) is 0 Å². The molecule has 0 aromatic rings. The minimum atomic E-state index is -3.18. The largest absolute Gasteiger partial charge is 0.456 e. The number of hydrogen-bond acceptors (Lipinski definition) is 4. The molecule has 208 valence electrons. The fraction of sp³-hybridized carbons (Fsp3) is 0.929. The summed E-state index contributed by atoms with van der Waals surface area (Å²) in [4.78, 5) is 26.0. The molecule has 0 bridgehead atoms. The summed E-state index contributed by atoms with van der Waals surface area (Å²) >= 11 is 0. The Morgan fingerprint density at radius 3 is 2.41 bits per heavy atom. The first kappa shape index (κ1) is 28.3. The Labute approximate surface area is 218 Å². The van der Waals surface area contributed by atoms with E-state index in [1.165, 1.54) is 6.92 Å². The Morgan fingerprint density at radius 1 is 1.14 bits per heavy atom. The maximum atomic E-state index is 16.0. The van der Waals surface area contributed by atoms with Gasteiger partial charge in [-0.2, -0.15) is 0 Å². The molecule has 9 heteroatoms. The molecule has 4 saturated carbocycles. The van der Waals surface area contributed by atoms with Crippen LogP contribution in [0.1, 0.15) is 92.4 Å². The summed E-state index contributed by atoms with van der Waals surface area (Å²) in [5, 5.41) is 15.0. The number of esters is 1. The van der Waals surface area contributed by atoms with Crippen molar-refractivity contribution in [1.29, 1.82) is 0 Å². The highest BCUT2D eigenvalue weighted by Crippen LogP contribution is 2.71. The van der Waals surface area contributed by atoms with Gasteiger partial charge < -0.3 is 9.84 Å². The van der Waals surface area contributed by atoms with Crippen molar-refractivity contribution >= 4 is 11.9 Å². The van der Waals surface area contributed by atoms with E-state index in [-0.39, 0.29) is 41.9 Å². The number of carbonyl (C=O) groups excluding carboxylic acids is 2. The van der Waals surface area contributed by atoms with Crippen molar-refractivity contribution in [1.82, 2.24) is 0 Å². The molecule has 4 aliphatic carbocycles. The van der Waals surface area contributed by atoms with Crippen LogP contribution in [-0.2, 0) is 14.3 Å². The molecule has 0 aliphatic heterocycles. The van der Waals surface area contributed by atoms with E-state index in [2.05, 4.69) is 23.9 Å². The van der Waals surface area contributed by atoms with Crippen molar-refractivity contribution in [2.45, 2.75) is 111 Å². The van der Waals surface area contributed by atoms with Crippen LogP contribution in [0, 0.1) is 52.3 Å². The normalized spacial score (nSPS) is 45.0. The second-order valence-corrected chi connectivity index (χ2v) is 13.0. The monoisotopic (exact) mass is 523 g/mol. The van der Waals surface area contributed by atoms with Crippen LogP contribution >= 0.6 is 0 Å². The summed E-state index contributed by atoms with van der Waals surface area (Å²) in [5.74, 6) is -5.04. The highest BCUT2D eigenvalue weighted by Gasteiger charge is 2.71. The highest BCUT2D eigenvalue weighted by atomic mass is 19.3. The summed E-state index contributed by atoms with van der Waals surface area (Å²) in [6, 6.07) is 0. The molecule has 1 amide bonds. The van der Waals surface area contributed by atoms with Crippen molar-refractivity contribution in [2.24, 2.45) is 57.4 Å². The Balaban J connectivity index is 1.62. The molecule has 4 fully saturated rings. The summed E-state index contributed by atoms with van der Waals surface area (Å²) in [5.41, 5.74) is 7.87. The zero-order valence-corrected chi connectivity index (χ0v) is 22.8. The van der Waals surface area contributed by atoms with Crippen molar-refractivity contribution in [3.05, 3.63) is 10.4 Å². The predicted molar refractivity (Wildman–Crippen MR) is 134 cm³/mol. The number of azide groups is 1. The van der Waals surface area contributed by atoms with Gasteiger partial charge in [-0.3, -0.25) is 9.59 Å². The first-order valence-electron chi connectivity index (χ1n) is 14.1. The molecule has 4 rings (SSSR count). The lowest BCUT2D eigenvalue weighted by molar-refractivity contribution is -0.289. The second-order valence-electron chi connectivity index (χ2n) is 13.0. The first-order chi connectivity index (χ1) is 17.3. The fourth-order valence-electron chi connectivity index (χ4n) is 9.99. The van der Waals surface area contributed by atoms with E-state index in [1.54, 1.807) is 0 Å². The second kappa shape index (κ2) is 10.1. The van der Waals surface area contributed by atoms with E-state index >= 15 is 8.78 Å². The zero-order valence-electron chi connectivity index (χ0n) is 22.8. The van der Waals surface area contributed by atoms with Gasteiger partial charge in [0, 0.05) is 24.2 Å². The molecule has 0 aromatic carbocycles. The minimum Gasteiger partial charge on any atom is -0.456 e. The molecular weight excluding hydrogens is 480 g/mol. The third-order valence-corrected chi connectivity index (χ3v) is 11.5. The van der Waals surface area contributed by atoms with Gasteiger partial charge in [0.15, 0.2) is 6.10 Å². The van der Waals surface area contributed by atoms with Crippen LogP contribution in [0.25, 0.3) is 10.4 Å². The van der Waals surface area contributed by atoms with Gasteiger partial charge in [-0.05, 0) is 102 Å². The number of halogens is 2. The summed E-state index contributed by atoms with van der Waals surface area (Å²) in [7, 11) is 0. The number of alkyl halides is 2. The van der Waals surface area contributed by atoms with Crippen LogP contribution in [0.4, 0.5) is 8.78 Å². The summed E-state index contributed by atoms with van der Waals surface area (Å²) < 4.78 is 37.2. The Morgan fingerprint density at radius 2 is 1.78 bits per heavy atom. The standard InChI is InChI=1S/C28H43F2N3O4/c1-6-17-24(36)23-19-9-8-18(15(2)7-10-22(35)32-33-31)26(19,4)13-11-20(23)27(5)14-12-21(37-16(3)34)28(29,30)25(17)27/h15,17-21,23-25,36H,6-14H2,1-5H3/t15-,17+,18-,19+,20+,21-,23+,24-,25+,26-,27-/m1/s1. The molecule has 0 heterocycles. The molecule has 4 aliphatic rings. The van der Waals surface area contributed by atoms with Gasteiger partial charge in [0.05, 0.1) is 6.10 Å². The molecule has 7 nitrogen and oxygen atoms in total. The first-order valence-corrected chi connectivity index (χ1v) is 14.1. The van der Waals surface area contributed by atoms with Crippen LogP contribution in [0.5, 0.6) is 0 Å². The maximum Gasteiger partial charge on any atom is 0.303 e. The SMILES string of the molecule is CC[C@H]1[C@@H](O)[C@@H]2[C@H](CC[C@]3(C)[C@@H]([C@H](C)CCC(=O)N=[N+]=[N-])CC[C@@H]23)[C@@]2(C)CC[C@@H](OC(C)=O)C(F)(F)[C@@H]12. The van der Waals surface area contributed by atoms with Crippen LogP contribution in [0.3, 0.4) is 0 Å². The predicted octanol–water partition coefficient (Wildman–Crippen LogP) is 6.68. The number of hydrogen-bond donors (Lipinski definition) is 1. The van der Waals surface area contributed by atoms with Crippen LogP contribution in [-0.4, -0.2) is 35.1 Å². The number of amides is 1. The quantitative estimate of drug-likeness (QED) is 0.181. The molecular formula is C28H43F2N3O4. The summed E-state index contributed by atoms with van der Waals surface area (Å²) in [6.45, 7) is 9.56. The number of fused-ring (bicyclic) bond motifs is 5. The van der Waals surface area contributed by atoms with Gasteiger partial charge >= 0.3 is 5.97 Å². The van der Waals surface area contributed by atoms with E-state index in [0.29, 0.717) is 25.2 Å². The number of carbonyl (C=O) groups is 2. The van der Waals surface area contributed by atoms with Crippen molar-refractivity contribution < 1.29 is 28.2 Å². The van der Waals surface area contributed by atoms with Crippen LogP contribution in [0.2, 0.25) is 0 Å². The molecule has 11 atom stereocenters. The third-order valence-electron chi connectivity index (χ3n) is 11.5. The van der Waals surface area contributed by atoms with Crippen LogP contribution < -0.4 is 0 Å². The number of ether oxygens (including phenoxy) is 1. The average Bonchev–Trinajstić information content (AvgIpc) is 3.18. The lowest BCUT2D eigenvalue weighted by atomic mass is 9.40. The van der Waals surface area contributed by atoms with Gasteiger partial charge in [0.1, 0.15) is 0 Å². The van der Waals surface area contributed by atoms with Gasteiger partial charge in [0.25, 0.3) is 5.92 Å². The summed E-state index contributed by atoms with van der Waals surface area (Å²) in [6.07, 6.45) is 3.48. The minimum absolute atomic E-state index is 0.00173. The van der Waals surface area contributed by atoms with E-state index in [1.807, 2.05) is 13.8 Å². The molecule has 0 spiro atoms. The number of aliphatic hydroxyl groups is 1. The zero-order chi connectivity index (χ0) is 27.3.